The van der Waals surface area contributed by atoms with E-state index in [0.717, 1.165) is 50.2 Å². The van der Waals surface area contributed by atoms with Crippen molar-refractivity contribution in [2.24, 2.45) is 0 Å². The maximum absolute atomic E-state index is 10.9. The van der Waals surface area contributed by atoms with Gasteiger partial charge in [0.1, 0.15) is 6.26 Å². The van der Waals surface area contributed by atoms with E-state index in [4.69, 9.17) is 21.1 Å². The number of aliphatic carboxylic acids is 1. The molecule has 2 aromatic rings. The third-order valence-corrected chi connectivity index (χ3v) is 5.04. The zero-order valence-electron chi connectivity index (χ0n) is 14.9. The van der Waals surface area contributed by atoms with E-state index in [-0.39, 0.29) is 6.54 Å². The van der Waals surface area contributed by atoms with E-state index in [1.54, 1.807) is 6.26 Å². The molecular weight excluding hydrogens is 354 g/mol. The van der Waals surface area contributed by atoms with Gasteiger partial charge in [-0.05, 0) is 51.1 Å². The molecule has 6 nitrogen and oxygen atoms in total. The largest absolute Gasteiger partial charge is 0.480 e. The quantitative estimate of drug-likeness (QED) is 0.832. The zero-order valence-corrected chi connectivity index (χ0v) is 15.7. The SMILES string of the molecule is CN(CC(=O)O)C1CCCN(Cc2coc(-c3cccc(Cl)c3)n2)CC1. The average Bonchev–Trinajstić information content (AvgIpc) is 2.92. The molecule has 3 rings (SSSR count). The number of benzene rings is 1. The van der Waals surface area contributed by atoms with Gasteiger partial charge in [-0.2, -0.15) is 0 Å². The van der Waals surface area contributed by atoms with Gasteiger partial charge in [-0.25, -0.2) is 4.98 Å². The highest BCUT2D eigenvalue weighted by Gasteiger charge is 2.22. The van der Waals surface area contributed by atoms with Gasteiger partial charge >= 0.3 is 5.97 Å². The van der Waals surface area contributed by atoms with Crippen LogP contribution in [0.5, 0.6) is 0 Å². The van der Waals surface area contributed by atoms with Gasteiger partial charge in [0.05, 0.1) is 12.2 Å². The minimum Gasteiger partial charge on any atom is -0.480 e. The van der Waals surface area contributed by atoms with Crippen molar-refractivity contribution in [2.45, 2.75) is 31.8 Å². The molecule has 1 fully saturated rings. The second-order valence-corrected chi connectivity index (χ2v) is 7.26. The van der Waals surface area contributed by atoms with Gasteiger partial charge in [0, 0.05) is 29.7 Å². The molecule has 0 spiro atoms. The Morgan fingerprint density at radius 1 is 1.42 bits per heavy atom. The highest BCUT2D eigenvalue weighted by Crippen LogP contribution is 2.23. The summed E-state index contributed by atoms with van der Waals surface area (Å²) in [6.07, 6.45) is 4.73. The minimum atomic E-state index is -0.773. The van der Waals surface area contributed by atoms with Crippen LogP contribution in [0.1, 0.15) is 25.0 Å². The minimum absolute atomic E-state index is 0.0942. The molecule has 0 saturated carbocycles. The molecule has 1 saturated heterocycles. The number of nitrogens with zero attached hydrogens (tertiary/aromatic N) is 3. The Morgan fingerprint density at radius 2 is 2.27 bits per heavy atom. The summed E-state index contributed by atoms with van der Waals surface area (Å²) in [5.74, 6) is -0.193. The van der Waals surface area contributed by atoms with Crippen molar-refractivity contribution >= 4 is 17.6 Å². The van der Waals surface area contributed by atoms with Gasteiger partial charge in [-0.1, -0.05) is 17.7 Å². The predicted molar refractivity (Wildman–Crippen MR) is 100 cm³/mol. The monoisotopic (exact) mass is 377 g/mol. The second kappa shape index (κ2) is 8.66. The van der Waals surface area contributed by atoms with E-state index >= 15 is 0 Å². The number of carbonyl (C=O) groups is 1. The number of rotatable bonds is 6. The van der Waals surface area contributed by atoms with E-state index in [2.05, 4.69) is 9.88 Å². The Hall–Kier alpha value is -1.89. The molecule has 1 N–H and O–H groups in total. The first-order chi connectivity index (χ1) is 12.5. The fourth-order valence-electron chi connectivity index (χ4n) is 3.44. The lowest BCUT2D eigenvalue weighted by Gasteiger charge is -2.25. The van der Waals surface area contributed by atoms with Crippen LogP contribution in [0.2, 0.25) is 5.02 Å². The predicted octanol–water partition coefficient (Wildman–Crippen LogP) is 3.37. The smallest absolute Gasteiger partial charge is 0.317 e. The lowest BCUT2D eigenvalue weighted by molar-refractivity contribution is -0.138. The molecule has 1 aliphatic heterocycles. The van der Waals surface area contributed by atoms with Crippen LogP contribution in [0.15, 0.2) is 34.9 Å². The van der Waals surface area contributed by atoms with E-state index in [1.165, 1.54) is 0 Å². The first-order valence-electron chi connectivity index (χ1n) is 8.86. The molecule has 1 atom stereocenters. The van der Waals surface area contributed by atoms with E-state index in [0.29, 0.717) is 17.0 Å². The van der Waals surface area contributed by atoms with Crippen LogP contribution in [0, 0.1) is 0 Å². The van der Waals surface area contributed by atoms with Crippen molar-refractivity contribution in [3.05, 3.63) is 41.2 Å². The fraction of sp³-hybridized carbons (Fsp3) is 0.474. The second-order valence-electron chi connectivity index (χ2n) is 6.82. The van der Waals surface area contributed by atoms with Gasteiger partial charge in [0.25, 0.3) is 0 Å². The van der Waals surface area contributed by atoms with Crippen molar-refractivity contribution in [1.29, 1.82) is 0 Å². The summed E-state index contributed by atoms with van der Waals surface area (Å²) in [6, 6.07) is 7.78. The van der Waals surface area contributed by atoms with Crippen molar-refractivity contribution in [1.82, 2.24) is 14.8 Å². The lowest BCUT2D eigenvalue weighted by atomic mass is 10.1. The summed E-state index contributed by atoms with van der Waals surface area (Å²) in [5, 5.41) is 9.62. The molecule has 0 aliphatic carbocycles. The Balaban J connectivity index is 1.57. The van der Waals surface area contributed by atoms with Gasteiger partial charge < -0.3 is 9.52 Å². The number of carboxylic acids is 1. The summed E-state index contributed by atoms with van der Waals surface area (Å²) in [4.78, 5) is 19.8. The highest BCUT2D eigenvalue weighted by molar-refractivity contribution is 6.30. The summed E-state index contributed by atoms with van der Waals surface area (Å²) in [6.45, 7) is 2.74. The van der Waals surface area contributed by atoms with Gasteiger partial charge in [0.2, 0.25) is 5.89 Å². The number of aromatic nitrogens is 1. The zero-order chi connectivity index (χ0) is 18.5. The normalized spacial score (nSPS) is 18.8. The van der Waals surface area contributed by atoms with E-state index < -0.39 is 5.97 Å². The Labute approximate surface area is 158 Å². The molecule has 2 heterocycles. The van der Waals surface area contributed by atoms with Crippen molar-refractivity contribution in [3.8, 4) is 11.5 Å². The Bertz CT molecular complexity index is 749. The van der Waals surface area contributed by atoms with Gasteiger partial charge in [-0.3, -0.25) is 14.6 Å². The Kier molecular flexibility index (Phi) is 6.29. The van der Waals surface area contributed by atoms with Gasteiger partial charge in [-0.15, -0.1) is 0 Å². The maximum Gasteiger partial charge on any atom is 0.317 e. The molecule has 1 aromatic heterocycles. The topological polar surface area (TPSA) is 69.8 Å². The first-order valence-corrected chi connectivity index (χ1v) is 9.24. The molecule has 0 bridgehead atoms. The summed E-state index contributed by atoms with van der Waals surface area (Å²) >= 11 is 6.03. The third kappa shape index (κ3) is 5.06. The number of halogens is 1. The fourth-order valence-corrected chi connectivity index (χ4v) is 3.63. The summed E-state index contributed by atoms with van der Waals surface area (Å²) in [7, 11) is 1.89. The van der Waals surface area contributed by atoms with Crippen molar-refractivity contribution in [2.75, 3.05) is 26.7 Å². The van der Waals surface area contributed by atoms with E-state index in [1.807, 2.05) is 36.2 Å². The molecule has 1 unspecified atom stereocenters. The van der Waals surface area contributed by atoms with Crippen molar-refractivity contribution in [3.63, 3.8) is 0 Å². The number of oxazole rings is 1. The van der Waals surface area contributed by atoms with Crippen LogP contribution in [0.4, 0.5) is 0 Å². The standard InChI is InChI=1S/C19H24ClN3O3/c1-22(12-18(24)25)17-6-3-8-23(9-7-17)11-16-13-26-19(21-16)14-4-2-5-15(20)10-14/h2,4-5,10,13,17H,3,6-9,11-12H2,1H3,(H,24,25). The van der Waals surface area contributed by atoms with Gasteiger partial charge in [0.15, 0.2) is 0 Å². The highest BCUT2D eigenvalue weighted by atomic mass is 35.5. The molecular formula is C19H24ClN3O3. The molecule has 0 radical (unpaired) electrons. The van der Waals surface area contributed by atoms with E-state index in [9.17, 15) is 4.79 Å². The maximum atomic E-state index is 10.9. The first kappa shape index (κ1) is 18.9. The van der Waals surface area contributed by atoms with Crippen LogP contribution in [-0.2, 0) is 11.3 Å². The van der Waals surface area contributed by atoms with Crippen LogP contribution in [-0.4, -0.2) is 58.6 Å². The van der Waals surface area contributed by atoms with Crippen LogP contribution < -0.4 is 0 Å². The Morgan fingerprint density at radius 3 is 3.04 bits per heavy atom. The average molecular weight is 378 g/mol. The molecule has 26 heavy (non-hydrogen) atoms. The van der Waals surface area contributed by atoms with Crippen LogP contribution >= 0.6 is 11.6 Å². The molecule has 1 aromatic carbocycles. The molecule has 140 valence electrons. The molecule has 1 aliphatic rings. The molecule has 7 heteroatoms. The van der Waals surface area contributed by atoms with Crippen LogP contribution in [0.3, 0.4) is 0 Å². The summed E-state index contributed by atoms with van der Waals surface area (Å²) < 4.78 is 5.61. The van der Waals surface area contributed by atoms with Crippen molar-refractivity contribution < 1.29 is 14.3 Å². The summed E-state index contributed by atoms with van der Waals surface area (Å²) in [5.41, 5.74) is 1.77. The molecule has 0 amide bonds. The number of likely N-dealkylation sites (N-methyl/N-ethyl adjacent to an activating group) is 1. The number of carboxylic acid groups (broad SMARTS) is 1. The number of hydrogen-bond acceptors (Lipinski definition) is 5. The number of hydrogen-bond donors (Lipinski definition) is 1. The third-order valence-electron chi connectivity index (χ3n) is 4.81. The number of likely N-dealkylation sites (tertiary alicyclic amines) is 1. The van der Waals surface area contributed by atoms with Crippen LogP contribution in [0.25, 0.3) is 11.5 Å². The lowest BCUT2D eigenvalue weighted by Crippen LogP contribution is -2.36.